The number of thiocarbonyl (C=S) groups is 1. The van der Waals surface area contributed by atoms with Crippen molar-refractivity contribution in [2.75, 3.05) is 20.3 Å². The summed E-state index contributed by atoms with van der Waals surface area (Å²) in [5, 5.41) is 0. The molecule has 7 nitrogen and oxygen atoms in total. The second kappa shape index (κ2) is 9.01. The number of fused-ring (bicyclic) bond motifs is 1. The second-order valence-corrected chi connectivity index (χ2v) is 8.48. The van der Waals surface area contributed by atoms with Gasteiger partial charge in [0.15, 0.2) is 0 Å². The van der Waals surface area contributed by atoms with E-state index < -0.39 is 0 Å². The summed E-state index contributed by atoms with van der Waals surface area (Å²) in [5.41, 5.74) is 1.37. The summed E-state index contributed by atoms with van der Waals surface area (Å²) in [6, 6.07) is 12.7. The molecule has 0 aliphatic carbocycles. The largest absolute Gasteiger partial charge is 0.438 e. The number of amides is 1. The number of rotatable bonds is 6. The van der Waals surface area contributed by atoms with Crippen LogP contribution in [0, 0.1) is 6.92 Å². The molecule has 158 valence electrons. The molecule has 0 N–H and O–H groups in total. The Labute approximate surface area is 188 Å². The molecule has 0 saturated carbocycles. The van der Waals surface area contributed by atoms with Gasteiger partial charge in [-0.15, -0.1) is 0 Å². The van der Waals surface area contributed by atoms with Crippen molar-refractivity contribution >= 4 is 45.9 Å². The van der Waals surface area contributed by atoms with Crippen LogP contribution in [0.15, 0.2) is 58.4 Å². The first kappa shape index (κ1) is 21.2. The van der Waals surface area contributed by atoms with E-state index in [9.17, 15) is 9.59 Å². The Balaban J connectivity index is 1.80. The fourth-order valence-corrected chi connectivity index (χ4v) is 4.30. The van der Waals surface area contributed by atoms with E-state index in [4.69, 9.17) is 21.7 Å². The van der Waals surface area contributed by atoms with Crippen molar-refractivity contribution in [3.8, 4) is 11.6 Å². The number of thioether (sulfide) groups is 1. The minimum Gasteiger partial charge on any atom is -0.438 e. The van der Waals surface area contributed by atoms with Crippen molar-refractivity contribution in [2.24, 2.45) is 0 Å². The molecule has 1 aromatic carbocycles. The van der Waals surface area contributed by atoms with Gasteiger partial charge < -0.3 is 9.47 Å². The third kappa shape index (κ3) is 4.39. The van der Waals surface area contributed by atoms with E-state index in [2.05, 4.69) is 4.98 Å². The van der Waals surface area contributed by atoms with Gasteiger partial charge in [-0.2, -0.15) is 4.98 Å². The monoisotopic (exact) mass is 453 g/mol. The van der Waals surface area contributed by atoms with Crippen molar-refractivity contribution in [1.82, 2.24) is 14.3 Å². The van der Waals surface area contributed by atoms with Crippen molar-refractivity contribution in [3.63, 3.8) is 0 Å². The highest BCUT2D eigenvalue weighted by atomic mass is 32.2. The third-order valence-corrected chi connectivity index (χ3v) is 6.02. The lowest BCUT2D eigenvalue weighted by atomic mass is 10.2. The SMILES string of the molecule is COCCN1C(=O)/C(=C\c2c(Oc3ccc(C)cc3)nc3ccccn3c2=O)SC1=S. The van der Waals surface area contributed by atoms with Gasteiger partial charge >= 0.3 is 0 Å². The van der Waals surface area contributed by atoms with Gasteiger partial charge in [0.1, 0.15) is 21.3 Å². The molecule has 0 radical (unpaired) electrons. The number of hydrogen-bond acceptors (Lipinski definition) is 7. The molecule has 0 unspecified atom stereocenters. The minimum atomic E-state index is -0.338. The van der Waals surface area contributed by atoms with Crippen molar-refractivity contribution < 1.29 is 14.3 Å². The Bertz CT molecular complexity index is 1250. The van der Waals surface area contributed by atoms with Crippen LogP contribution in [0.2, 0.25) is 0 Å². The lowest BCUT2D eigenvalue weighted by molar-refractivity contribution is -0.122. The fraction of sp³-hybridized carbons (Fsp3) is 0.182. The van der Waals surface area contributed by atoms with Gasteiger partial charge in [0.25, 0.3) is 11.5 Å². The van der Waals surface area contributed by atoms with E-state index in [1.807, 2.05) is 19.1 Å². The van der Waals surface area contributed by atoms with Crippen molar-refractivity contribution in [2.45, 2.75) is 6.92 Å². The molecule has 1 amide bonds. The quantitative estimate of drug-likeness (QED) is 0.417. The van der Waals surface area contributed by atoms with Gasteiger partial charge in [-0.25, -0.2) is 0 Å². The third-order valence-electron chi connectivity index (χ3n) is 4.64. The van der Waals surface area contributed by atoms with Crippen LogP contribution in [0.4, 0.5) is 0 Å². The molecule has 4 rings (SSSR count). The number of benzene rings is 1. The highest BCUT2D eigenvalue weighted by Gasteiger charge is 2.32. The van der Waals surface area contributed by atoms with Crippen LogP contribution in [-0.2, 0) is 9.53 Å². The lowest BCUT2D eigenvalue weighted by Crippen LogP contribution is -2.31. The molecule has 0 atom stereocenters. The first-order chi connectivity index (χ1) is 15.0. The maximum absolute atomic E-state index is 13.2. The molecule has 1 aliphatic rings. The van der Waals surface area contributed by atoms with Crippen LogP contribution in [0.5, 0.6) is 11.6 Å². The Kier molecular flexibility index (Phi) is 6.17. The molecule has 0 bridgehead atoms. The smallest absolute Gasteiger partial charge is 0.269 e. The highest BCUT2D eigenvalue weighted by Crippen LogP contribution is 2.34. The van der Waals surface area contributed by atoms with E-state index in [1.54, 1.807) is 43.6 Å². The van der Waals surface area contributed by atoms with E-state index in [1.165, 1.54) is 15.4 Å². The summed E-state index contributed by atoms with van der Waals surface area (Å²) in [6.45, 7) is 2.68. The van der Waals surface area contributed by atoms with E-state index >= 15 is 0 Å². The summed E-state index contributed by atoms with van der Waals surface area (Å²) in [7, 11) is 1.56. The highest BCUT2D eigenvalue weighted by molar-refractivity contribution is 8.26. The summed E-state index contributed by atoms with van der Waals surface area (Å²) < 4.78 is 12.8. The minimum absolute atomic E-state index is 0.127. The number of nitrogens with zero attached hydrogens (tertiary/aromatic N) is 3. The maximum Gasteiger partial charge on any atom is 0.269 e. The first-order valence-electron chi connectivity index (χ1n) is 9.48. The first-order valence-corrected chi connectivity index (χ1v) is 10.7. The zero-order valence-electron chi connectivity index (χ0n) is 16.9. The van der Waals surface area contributed by atoms with Crippen LogP contribution in [-0.4, -0.2) is 44.8 Å². The molecule has 31 heavy (non-hydrogen) atoms. The molecule has 1 fully saturated rings. The fourth-order valence-electron chi connectivity index (χ4n) is 3.01. The standard InChI is InChI=1S/C22H19N3O4S2/c1-14-6-8-15(9-7-14)29-19-16(20(26)24-10-4-3-5-18(24)23-19)13-17-21(27)25(11-12-28-2)22(30)31-17/h3-10,13H,11-12H2,1-2H3/b17-13+. The molecule has 3 aromatic rings. The number of aromatic nitrogens is 2. The van der Waals surface area contributed by atoms with E-state index in [0.29, 0.717) is 33.8 Å². The molecule has 1 saturated heterocycles. The molecule has 2 aromatic heterocycles. The topological polar surface area (TPSA) is 73.1 Å². The molecular formula is C22H19N3O4S2. The summed E-state index contributed by atoms with van der Waals surface area (Å²) >= 11 is 6.47. The maximum atomic E-state index is 13.2. The summed E-state index contributed by atoms with van der Waals surface area (Å²) in [5.74, 6) is 0.396. The summed E-state index contributed by atoms with van der Waals surface area (Å²) in [6.07, 6.45) is 3.13. The number of carbonyl (C=O) groups is 1. The zero-order valence-corrected chi connectivity index (χ0v) is 18.5. The van der Waals surface area contributed by atoms with Crippen LogP contribution in [0.1, 0.15) is 11.1 Å². The Morgan fingerprint density at radius 1 is 1.16 bits per heavy atom. The number of hydrogen-bond donors (Lipinski definition) is 0. The van der Waals surface area contributed by atoms with Gasteiger partial charge in [0.2, 0.25) is 5.88 Å². The Hall–Kier alpha value is -3.01. The van der Waals surface area contributed by atoms with E-state index in [0.717, 1.165) is 17.3 Å². The molecule has 0 spiro atoms. The number of aryl methyl sites for hydroxylation is 1. The molecule has 9 heteroatoms. The number of carbonyl (C=O) groups excluding carboxylic acids is 1. The van der Waals surface area contributed by atoms with E-state index in [-0.39, 0.29) is 22.9 Å². The zero-order chi connectivity index (χ0) is 22.0. The Morgan fingerprint density at radius 3 is 2.68 bits per heavy atom. The number of pyridine rings is 1. The Morgan fingerprint density at radius 2 is 1.94 bits per heavy atom. The summed E-state index contributed by atoms with van der Waals surface area (Å²) in [4.78, 5) is 32.4. The van der Waals surface area contributed by atoms with Crippen LogP contribution < -0.4 is 10.3 Å². The van der Waals surface area contributed by atoms with Crippen molar-refractivity contribution in [3.05, 3.63) is 75.0 Å². The van der Waals surface area contributed by atoms with Crippen LogP contribution in [0.3, 0.4) is 0 Å². The second-order valence-electron chi connectivity index (χ2n) is 6.81. The van der Waals surface area contributed by atoms with Gasteiger partial charge in [-0.05, 0) is 37.3 Å². The van der Waals surface area contributed by atoms with Crippen LogP contribution in [0.25, 0.3) is 11.7 Å². The predicted octanol–water partition coefficient (Wildman–Crippen LogP) is 3.64. The lowest BCUT2D eigenvalue weighted by Gasteiger charge is -2.13. The molecule has 3 heterocycles. The number of methoxy groups -OCH3 is 1. The average molecular weight is 454 g/mol. The average Bonchev–Trinajstić information content (AvgIpc) is 3.03. The van der Waals surface area contributed by atoms with Gasteiger partial charge in [-0.3, -0.25) is 18.9 Å². The predicted molar refractivity (Wildman–Crippen MR) is 124 cm³/mol. The van der Waals surface area contributed by atoms with Crippen molar-refractivity contribution in [1.29, 1.82) is 0 Å². The van der Waals surface area contributed by atoms with Gasteiger partial charge in [0.05, 0.1) is 18.1 Å². The normalized spacial score (nSPS) is 15.3. The van der Waals surface area contributed by atoms with Gasteiger partial charge in [0, 0.05) is 13.3 Å². The van der Waals surface area contributed by atoms with Crippen LogP contribution >= 0.6 is 24.0 Å². The molecular weight excluding hydrogens is 434 g/mol. The molecule has 1 aliphatic heterocycles. The van der Waals surface area contributed by atoms with Gasteiger partial charge in [-0.1, -0.05) is 47.7 Å². The number of ether oxygens (including phenoxy) is 2.